The lowest BCUT2D eigenvalue weighted by Crippen LogP contribution is -2.51. The van der Waals surface area contributed by atoms with E-state index in [0.717, 1.165) is 19.3 Å². The third-order valence-corrected chi connectivity index (χ3v) is 2.28. The average molecular weight is 188 g/mol. The fraction of sp³-hybridized carbons (Fsp3) is 0.889. The molecule has 76 valence electrons. The number of unbranched alkanes of at least 4 members (excludes halogenated alkanes) is 2. The largest absolute Gasteiger partial charge is 0.337 e. The second kappa shape index (κ2) is 5.17. The van der Waals surface area contributed by atoms with Crippen molar-refractivity contribution in [3.8, 4) is 0 Å². The van der Waals surface area contributed by atoms with Crippen LogP contribution in [0.2, 0.25) is 0 Å². The van der Waals surface area contributed by atoms with Crippen molar-refractivity contribution < 1.29 is 9.18 Å². The number of halogens is 1. The maximum Gasteiger partial charge on any atom is 0.222 e. The van der Waals surface area contributed by atoms with Gasteiger partial charge in [-0.3, -0.25) is 4.79 Å². The maximum absolute atomic E-state index is 12.4. The van der Waals surface area contributed by atoms with Gasteiger partial charge in [-0.05, 0) is 19.4 Å². The van der Waals surface area contributed by atoms with Crippen molar-refractivity contribution in [1.82, 2.24) is 4.90 Å². The van der Waals surface area contributed by atoms with Crippen LogP contribution in [0.5, 0.6) is 0 Å². The number of nitrogens with zero attached hydrogens (tertiary/aromatic N) is 1. The Morgan fingerprint density at radius 1 is 1.38 bits per heavy atom. The number of nitrogens with two attached hydrogens (primary N) is 1. The van der Waals surface area contributed by atoms with Crippen LogP contribution >= 0.6 is 0 Å². The zero-order valence-corrected chi connectivity index (χ0v) is 7.84. The second-order valence-electron chi connectivity index (χ2n) is 3.50. The highest BCUT2D eigenvalue weighted by Gasteiger charge is 2.29. The summed E-state index contributed by atoms with van der Waals surface area (Å²) in [5.74, 6) is 0.0888. The van der Waals surface area contributed by atoms with Gasteiger partial charge in [0, 0.05) is 6.42 Å². The number of carbonyl (C=O) groups excluding carboxylic acids is 1. The molecule has 0 unspecified atom stereocenters. The van der Waals surface area contributed by atoms with Crippen LogP contribution in [0, 0.1) is 0 Å². The van der Waals surface area contributed by atoms with Gasteiger partial charge >= 0.3 is 0 Å². The molecule has 0 saturated carbocycles. The van der Waals surface area contributed by atoms with Crippen LogP contribution in [0.1, 0.15) is 25.7 Å². The van der Waals surface area contributed by atoms with Gasteiger partial charge in [0.25, 0.3) is 0 Å². The van der Waals surface area contributed by atoms with E-state index in [4.69, 9.17) is 5.73 Å². The maximum atomic E-state index is 12.4. The molecule has 0 aliphatic carbocycles. The molecule has 1 aliphatic heterocycles. The summed E-state index contributed by atoms with van der Waals surface area (Å²) in [7, 11) is 0. The Balaban J connectivity index is 1.99. The van der Waals surface area contributed by atoms with Gasteiger partial charge in [0.15, 0.2) is 0 Å². The molecule has 0 radical (unpaired) electrons. The summed E-state index contributed by atoms with van der Waals surface area (Å²) in [5, 5.41) is 0. The average Bonchev–Trinajstić information content (AvgIpc) is 2.07. The smallest absolute Gasteiger partial charge is 0.222 e. The third-order valence-electron chi connectivity index (χ3n) is 2.28. The van der Waals surface area contributed by atoms with Crippen molar-refractivity contribution in [2.45, 2.75) is 31.9 Å². The summed E-state index contributed by atoms with van der Waals surface area (Å²) in [5.41, 5.74) is 5.32. The standard InChI is InChI=1S/C9H17FN2O/c10-8-6-12(7-8)9(13)4-2-1-3-5-11/h8H,1-7,11H2. The highest BCUT2D eigenvalue weighted by molar-refractivity contribution is 5.77. The first-order chi connectivity index (χ1) is 6.24. The number of alkyl halides is 1. The van der Waals surface area contributed by atoms with Crippen LogP contribution in [0.15, 0.2) is 0 Å². The molecule has 0 aromatic heterocycles. The SMILES string of the molecule is NCCCCCC(=O)N1CC(F)C1. The van der Waals surface area contributed by atoms with Gasteiger partial charge in [0.05, 0.1) is 13.1 Å². The molecule has 0 bridgehead atoms. The van der Waals surface area contributed by atoms with E-state index >= 15 is 0 Å². The highest BCUT2D eigenvalue weighted by Crippen LogP contribution is 2.13. The summed E-state index contributed by atoms with van der Waals surface area (Å²) in [6.45, 7) is 1.29. The van der Waals surface area contributed by atoms with E-state index in [2.05, 4.69) is 0 Å². The molecule has 1 amide bonds. The van der Waals surface area contributed by atoms with Gasteiger partial charge in [0.2, 0.25) is 5.91 Å². The predicted octanol–water partition coefficient (Wildman–Crippen LogP) is 0.686. The number of amides is 1. The lowest BCUT2D eigenvalue weighted by atomic mass is 10.1. The Morgan fingerprint density at radius 3 is 2.62 bits per heavy atom. The van der Waals surface area contributed by atoms with Gasteiger partial charge < -0.3 is 10.6 Å². The minimum Gasteiger partial charge on any atom is -0.337 e. The lowest BCUT2D eigenvalue weighted by molar-refractivity contribution is -0.138. The summed E-state index contributed by atoms with van der Waals surface area (Å²) in [6.07, 6.45) is 2.61. The molecule has 0 aromatic carbocycles. The van der Waals surface area contributed by atoms with Crippen molar-refractivity contribution in [3.05, 3.63) is 0 Å². The van der Waals surface area contributed by atoms with Crippen LogP contribution in [0.3, 0.4) is 0 Å². The normalized spacial score (nSPS) is 17.2. The quantitative estimate of drug-likeness (QED) is 0.645. The molecule has 2 N–H and O–H groups in total. The van der Waals surface area contributed by atoms with E-state index in [0.29, 0.717) is 26.1 Å². The van der Waals surface area contributed by atoms with Gasteiger partial charge in [0.1, 0.15) is 6.17 Å². The van der Waals surface area contributed by atoms with E-state index in [1.165, 1.54) is 0 Å². The molecule has 1 aliphatic rings. The lowest BCUT2D eigenvalue weighted by Gasteiger charge is -2.34. The van der Waals surface area contributed by atoms with Crippen LogP contribution in [0.25, 0.3) is 0 Å². The van der Waals surface area contributed by atoms with E-state index in [-0.39, 0.29) is 5.91 Å². The third kappa shape index (κ3) is 3.30. The van der Waals surface area contributed by atoms with Crippen molar-refractivity contribution in [2.24, 2.45) is 5.73 Å². The van der Waals surface area contributed by atoms with E-state index < -0.39 is 6.17 Å². The number of hydrogen-bond donors (Lipinski definition) is 1. The number of carbonyl (C=O) groups is 1. The van der Waals surface area contributed by atoms with E-state index in [9.17, 15) is 9.18 Å². The van der Waals surface area contributed by atoms with Crippen LogP contribution in [0.4, 0.5) is 4.39 Å². The number of hydrogen-bond acceptors (Lipinski definition) is 2. The fourth-order valence-electron chi connectivity index (χ4n) is 1.38. The molecule has 3 nitrogen and oxygen atoms in total. The minimum absolute atomic E-state index is 0.0888. The molecule has 4 heteroatoms. The van der Waals surface area contributed by atoms with Crippen LogP contribution < -0.4 is 5.73 Å². The minimum atomic E-state index is -0.784. The van der Waals surface area contributed by atoms with Gasteiger partial charge in [-0.25, -0.2) is 4.39 Å². The Bertz CT molecular complexity index is 169. The van der Waals surface area contributed by atoms with Crippen LogP contribution in [-0.2, 0) is 4.79 Å². The molecule has 1 rings (SSSR count). The zero-order valence-electron chi connectivity index (χ0n) is 7.84. The zero-order chi connectivity index (χ0) is 9.68. The van der Waals surface area contributed by atoms with Gasteiger partial charge in [-0.15, -0.1) is 0 Å². The second-order valence-corrected chi connectivity index (χ2v) is 3.50. The Hall–Kier alpha value is -0.640. The van der Waals surface area contributed by atoms with Crippen molar-refractivity contribution in [1.29, 1.82) is 0 Å². The summed E-state index contributed by atoms with van der Waals surface area (Å²) < 4.78 is 12.4. The van der Waals surface area contributed by atoms with Crippen LogP contribution in [-0.4, -0.2) is 36.6 Å². The summed E-state index contributed by atoms with van der Waals surface area (Å²) in [4.78, 5) is 12.8. The molecule has 1 heterocycles. The van der Waals surface area contributed by atoms with E-state index in [1.807, 2.05) is 0 Å². The van der Waals surface area contributed by atoms with Crippen molar-refractivity contribution in [3.63, 3.8) is 0 Å². The molecule has 1 fully saturated rings. The fourth-order valence-corrected chi connectivity index (χ4v) is 1.38. The first-order valence-electron chi connectivity index (χ1n) is 4.86. The molecule has 0 spiro atoms. The predicted molar refractivity (Wildman–Crippen MR) is 49.0 cm³/mol. The molecular weight excluding hydrogens is 171 g/mol. The van der Waals surface area contributed by atoms with Crippen molar-refractivity contribution in [2.75, 3.05) is 19.6 Å². The van der Waals surface area contributed by atoms with Gasteiger partial charge in [-0.1, -0.05) is 6.42 Å². The molecule has 1 saturated heterocycles. The monoisotopic (exact) mass is 188 g/mol. The first-order valence-corrected chi connectivity index (χ1v) is 4.86. The highest BCUT2D eigenvalue weighted by atomic mass is 19.1. The Kier molecular flexibility index (Phi) is 4.15. The topological polar surface area (TPSA) is 46.3 Å². The first kappa shape index (κ1) is 10.4. The van der Waals surface area contributed by atoms with Gasteiger partial charge in [-0.2, -0.15) is 0 Å². The molecule has 0 aromatic rings. The Labute approximate surface area is 78.1 Å². The molecule has 13 heavy (non-hydrogen) atoms. The summed E-state index contributed by atoms with van der Waals surface area (Å²) in [6, 6.07) is 0. The number of likely N-dealkylation sites (tertiary alicyclic amines) is 1. The van der Waals surface area contributed by atoms with E-state index in [1.54, 1.807) is 4.90 Å². The van der Waals surface area contributed by atoms with Crippen molar-refractivity contribution >= 4 is 5.91 Å². The molecule has 0 atom stereocenters. The summed E-state index contributed by atoms with van der Waals surface area (Å²) >= 11 is 0. The molecular formula is C9H17FN2O. The Morgan fingerprint density at radius 2 is 2.08 bits per heavy atom. The number of rotatable bonds is 5.